The number of hydrogen-bond acceptors (Lipinski definition) is 31. The van der Waals surface area contributed by atoms with Gasteiger partial charge in [-0.05, 0) is 36.4 Å². The molecule has 4 saturated heterocycles. The number of methoxy groups -OCH3 is 1. The second kappa shape index (κ2) is 34.3. The molecule has 100 heavy (non-hydrogen) atoms. The third-order valence-corrected chi connectivity index (χ3v) is 15.6. The number of cyclic esters (lactones) is 1. The molecule has 4 aliphatic rings. The van der Waals surface area contributed by atoms with Crippen molar-refractivity contribution >= 4 is 118 Å². The number of hydrogen-bond donors (Lipinski definition) is 3. The maximum Gasteiger partial charge on any atom is 0.367 e. The largest absolute Gasteiger partial charge is 0.465 e. The second-order valence-corrected chi connectivity index (χ2v) is 25.0. The van der Waals surface area contributed by atoms with Crippen LogP contribution in [0.5, 0.6) is 0 Å². The van der Waals surface area contributed by atoms with E-state index in [1.54, 1.807) is 18.2 Å². The molecule has 4 heterocycles. The molecule has 0 saturated carbocycles. The predicted molar refractivity (Wildman–Crippen MR) is 333 cm³/mol. The maximum atomic E-state index is 15.4. The van der Waals surface area contributed by atoms with E-state index in [2.05, 4.69) is 10.6 Å². The second-order valence-electron chi connectivity index (χ2n) is 22.7. The third-order valence-electron chi connectivity index (χ3n) is 15.1. The van der Waals surface area contributed by atoms with Crippen LogP contribution < -0.4 is 10.6 Å². The lowest BCUT2D eigenvalue weighted by molar-refractivity contribution is -0.375. The van der Waals surface area contributed by atoms with E-state index in [1.807, 2.05) is 0 Å². The Morgan fingerprint density at radius 2 is 1.07 bits per heavy atom. The van der Waals surface area contributed by atoms with E-state index in [9.17, 15) is 57.5 Å². The number of benzene rings is 3. The number of carbonyl (C=O) groups is 13. The van der Waals surface area contributed by atoms with Gasteiger partial charge in [0.1, 0.15) is 62.5 Å². The van der Waals surface area contributed by atoms with Crippen molar-refractivity contribution < 1.29 is 143 Å². The predicted octanol–water partition coefficient (Wildman–Crippen LogP) is 3.09. The van der Waals surface area contributed by atoms with E-state index in [-0.39, 0.29) is 16.7 Å². The minimum Gasteiger partial charge on any atom is -0.465 e. The van der Waals surface area contributed by atoms with Crippen molar-refractivity contribution in [3.05, 3.63) is 108 Å². The number of halogens is 3. The molecule has 33 nitrogen and oxygen atoms in total. The van der Waals surface area contributed by atoms with E-state index in [0.717, 1.165) is 62.5 Å². The summed E-state index contributed by atoms with van der Waals surface area (Å²) >= 11 is 18.5. The Labute approximate surface area is 584 Å². The maximum absolute atomic E-state index is 15.4. The first-order chi connectivity index (χ1) is 47.1. The van der Waals surface area contributed by atoms with Gasteiger partial charge in [-0.15, -0.1) is 0 Å². The zero-order valence-corrected chi connectivity index (χ0v) is 57.0. The van der Waals surface area contributed by atoms with Crippen molar-refractivity contribution in [2.75, 3.05) is 26.9 Å². The van der Waals surface area contributed by atoms with Crippen molar-refractivity contribution in [1.82, 2.24) is 10.6 Å². The number of carbonyl (C=O) groups excluding carboxylic acids is 13. The molecule has 36 heteroatoms. The van der Waals surface area contributed by atoms with Crippen LogP contribution >= 0.6 is 34.8 Å². The van der Waals surface area contributed by atoms with Gasteiger partial charge in [0.2, 0.25) is 24.0 Å². The van der Waals surface area contributed by atoms with Crippen molar-refractivity contribution in [3.8, 4) is 0 Å². The summed E-state index contributed by atoms with van der Waals surface area (Å²) in [6.45, 7) is 4.57. The van der Waals surface area contributed by atoms with E-state index >= 15 is 4.79 Å². The van der Waals surface area contributed by atoms with Crippen LogP contribution in [0.4, 0.5) is 0 Å². The average molecular weight is 1470 g/mol. The molecule has 0 bridgehead atoms. The fourth-order valence-electron chi connectivity index (χ4n) is 11.2. The van der Waals surface area contributed by atoms with Gasteiger partial charge in [-0.3, -0.25) is 43.8 Å². The fraction of sp³-hybridized carbons (Fsp3) is 0.500. The minimum absolute atomic E-state index is 0.0190. The van der Waals surface area contributed by atoms with Crippen molar-refractivity contribution in [2.45, 2.75) is 175 Å². The van der Waals surface area contributed by atoms with Crippen LogP contribution in [-0.2, 0) is 128 Å². The Morgan fingerprint density at radius 1 is 0.570 bits per heavy atom. The van der Waals surface area contributed by atoms with Crippen molar-refractivity contribution in [2.24, 2.45) is 0 Å². The quantitative estimate of drug-likeness (QED) is 0.0381. The molecule has 0 unspecified atom stereocenters. The number of esters is 11. The van der Waals surface area contributed by atoms with E-state index in [1.165, 1.54) is 72.8 Å². The smallest absolute Gasteiger partial charge is 0.367 e. The molecule has 4 fully saturated rings. The summed E-state index contributed by atoms with van der Waals surface area (Å²) in [5.74, 6) is -22.6. The highest BCUT2D eigenvalue weighted by Crippen LogP contribution is 2.45. The first kappa shape index (κ1) is 78.3. The topological polar surface area (TPSA) is 427 Å². The van der Waals surface area contributed by atoms with Crippen LogP contribution in [0, 0.1) is 5.41 Å². The van der Waals surface area contributed by atoms with Gasteiger partial charge in [0.25, 0.3) is 15.4 Å². The van der Waals surface area contributed by atoms with Gasteiger partial charge in [-0.25, -0.2) is 24.0 Å². The van der Waals surface area contributed by atoms with Crippen LogP contribution in [0.15, 0.2) is 91.0 Å². The number of nitrogens with one attached hydrogen (secondary N) is 3. The first-order valence-electron chi connectivity index (χ1n) is 30.4. The molecule has 4 aliphatic heterocycles. The molecule has 7 rings (SSSR count). The standard InChI is InChI=1S/C64H70Cl3N3O30/c1-30(71)69-46-42(89-34(5)75)26-63(99-51(46)48(91-36(7)77)43(90-35(6)76)27-85-32(3)73)61(83)87-29-45(97-63)50(92-37(8)78)52-47(70-31(2)72)41(88-33(4)74)25-62(98-52,60(82)84-9)100-53-49(94-56(80)39-21-15-11-16-22-39)44(28-86-55(79)38-19-13-10-14-20-38)93-58(96-59(68)64(65,66)67)54(53)95-57(81)40-23-17-12-18-24-40/h10-24,41-54,58,68H,25-29H2,1-9H3,(H,69,71)(H,70,72)/t41-,42-,43+,44+,45+,46+,47+,48+,49-,50+,51+,52+,53-,54+,58+,62-,63+/m0/s1. The van der Waals surface area contributed by atoms with Gasteiger partial charge in [0.05, 0.1) is 48.7 Å². The van der Waals surface area contributed by atoms with Crippen LogP contribution in [-0.4, -0.2) is 217 Å². The SMILES string of the molecule is COC(=O)[C@@]1(O[C@H]2[C@@H](OC(=O)c3ccccc3)[C@@H](COC(=O)c3ccccc3)O[C@H](OC(=N)C(Cl)(Cl)Cl)[C@@H]2OC(=O)c2ccccc2)C[C@H](OC(C)=O)[C@@H](NC(C)=O)[C@H]([C@H](OC(C)=O)[C@H]2COC(=O)[C@]3(C[C@H](OC(C)=O)[C@@H](NC(C)=O)[C@H]([C@H](OC(C)=O)[C@@H](COC(C)=O)OC(C)=O)O3)O2)O1. The lowest BCUT2D eigenvalue weighted by Gasteiger charge is -2.53. The molecule has 3 N–H and O–H groups in total. The van der Waals surface area contributed by atoms with Crippen molar-refractivity contribution in [3.63, 3.8) is 0 Å². The summed E-state index contributed by atoms with van der Waals surface area (Å²) in [4.78, 5) is 178. The molecule has 3 aromatic carbocycles. The summed E-state index contributed by atoms with van der Waals surface area (Å²) < 4.78 is 99.3. The fourth-order valence-corrected chi connectivity index (χ4v) is 11.4. The van der Waals surface area contributed by atoms with E-state index in [0.29, 0.717) is 0 Å². The molecule has 542 valence electrons. The molecule has 0 aliphatic carbocycles. The first-order valence-corrected chi connectivity index (χ1v) is 31.5. The lowest BCUT2D eigenvalue weighted by atomic mass is 9.86. The summed E-state index contributed by atoms with van der Waals surface area (Å²) in [7, 11) is 0.805. The van der Waals surface area contributed by atoms with Gasteiger partial charge >= 0.3 is 65.7 Å². The van der Waals surface area contributed by atoms with E-state index < -0.39 is 223 Å². The summed E-state index contributed by atoms with van der Waals surface area (Å²) in [6.07, 6.45) is -30.0. The van der Waals surface area contributed by atoms with Gasteiger partial charge in [0, 0.05) is 55.4 Å². The molecular formula is C64H70Cl3N3O30. The highest BCUT2D eigenvalue weighted by Gasteiger charge is 2.67. The normalized spacial score (nSPS) is 27.2. The number of amides is 2. The number of ether oxygens (including phenoxy) is 17. The Hall–Kier alpha value is -9.09. The Balaban J connectivity index is 1.47. The van der Waals surface area contributed by atoms with Gasteiger partial charge in [-0.2, -0.15) is 0 Å². The van der Waals surface area contributed by atoms with Crippen LogP contribution in [0.1, 0.15) is 99.3 Å². The molecule has 17 atom stereocenters. The zero-order chi connectivity index (χ0) is 73.6. The molecule has 0 aromatic heterocycles. The Morgan fingerprint density at radius 3 is 1.55 bits per heavy atom. The van der Waals surface area contributed by atoms with Crippen molar-refractivity contribution in [1.29, 1.82) is 5.41 Å². The summed E-state index contributed by atoms with van der Waals surface area (Å²) in [5, 5.41) is 13.8. The number of rotatable bonds is 24. The van der Waals surface area contributed by atoms with Gasteiger partial charge in [-0.1, -0.05) is 89.4 Å². The highest BCUT2D eigenvalue weighted by molar-refractivity contribution is 6.76. The summed E-state index contributed by atoms with van der Waals surface area (Å²) in [6, 6.07) is 17.8. The molecule has 3 aromatic rings. The molecular weight excluding hydrogens is 1400 g/mol. The van der Waals surface area contributed by atoms with Crippen LogP contribution in [0.3, 0.4) is 0 Å². The average Bonchev–Trinajstić information content (AvgIpc) is 0.739. The lowest BCUT2D eigenvalue weighted by Crippen LogP contribution is -2.74. The number of alkyl halides is 3. The summed E-state index contributed by atoms with van der Waals surface area (Å²) in [5.41, 5.74) is -0.379. The molecule has 0 radical (unpaired) electrons. The monoisotopic (exact) mass is 1470 g/mol. The zero-order valence-electron chi connectivity index (χ0n) is 54.7. The van der Waals surface area contributed by atoms with Crippen LogP contribution in [0.25, 0.3) is 0 Å². The molecule has 1 spiro atoms. The van der Waals surface area contributed by atoms with Gasteiger partial charge in [0.15, 0.2) is 30.5 Å². The Bertz CT molecular complexity index is 3530. The van der Waals surface area contributed by atoms with E-state index in [4.69, 9.17) is 121 Å². The third kappa shape index (κ3) is 20.3. The Kier molecular flexibility index (Phi) is 26.9. The minimum atomic E-state index is -3.34. The molecule has 2 amide bonds. The van der Waals surface area contributed by atoms with Crippen LogP contribution in [0.2, 0.25) is 0 Å². The highest BCUT2D eigenvalue weighted by atomic mass is 35.6. The van der Waals surface area contributed by atoms with Gasteiger partial charge < -0.3 is 91.2 Å².